The van der Waals surface area contributed by atoms with Crippen LogP contribution in [0.25, 0.3) is 0 Å². The van der Waals surface area contributed by atoms with Crippen molar-refractivity contribution >= 4 is 12.9 Å². The van der Waals surface area contributed by atoms with Gasteiger partial charge in [-0.05, 0) is 30.5 Å². The number of para-hydroxylation sites is 1. The third kappa shape index (κ3) is 7.72. The number of hydrogen-bond acceptors (Lipinski definition) is 1. The topological polar surface area (TPSA) is 3.24 Å². The third-order valence-corrected chi connectivity index (χ3v) is 3.31. The number of nitrogens with zero attached hydrogens (tertiary/aromatic N) is 1. The van der Waals surface area contributed by atoms with E-state index in [9.17, 15) is 17.3 Å². The average molecular weight is 326 g/mol. The highest BCUT2D eigenvalue weighted by atomic mass is 19.5. The lowest BCUT2D eigenvalue weighted by Gasteiger charge is -2.25. The second kappa shape index (κ2) is 9.23. The van der Waals surface area contributed by atoms with E-state index >= 15 is 0 Å². The first kappa shape index (κ1) is 19.1. The highest BCUT2D eigenvalue weighted by molar-refractivity contribution is 6.50. The van der Waals surface area contributed by atoms with Crippen molar-refractivity contribution in [1.82, 2.24) is 0 Å². The highest BCUT2D eigenvalue weighted by Gasteiger charge is 2.20. The van der Waals surface area contributed by atoms with Crippen LogP contribution in [0.5, 0.6) is 0 Å². The monoisotopic (exact) mass is 326 g/mol. The molecule has 0 aliphatic carbocycles. The van der Waals surface area contributed by atoms with Gasteiger partial charge in [0, 0.05) is 18.8 Å². The van der Waals surface area contributed by atoms with Gasteiger partial charge >= 0.3 is 7.25 Å². The maximum Gasteiger partial charge on any atom is 0.673 e. The Morgan fingerprint density at radius 3 is 1.87 bits per heavy atom. The minimum Gasteiger partial charge on any atom is -0.418 e. The van der Waals surface area contributed by atoms with Crippen LogP contribution >= 0.6 is 0 Å². The van der Waals surface area contributed by atoms with Gasteiger partial charge < -0.3 is 22.2 Å². The molecule has 0 heterocycles. The fourth-order valence-electron chi connectivity index (χ4n) is 2.29. The number of anilines is 1. The van der Waals surface area contributed by atoms with Gasteiger partial charge in [0.05, 0.1) is 0 Å². The zero-order valence-corrected chi connectivity index (χ0v) is 13.4. The summed E-state index contributed by atoms with van der Waals surface area (Å²) in [5, 5.41) is 0. The van der Waals surface area contributed by atoms with E-state index in [1.807, 2.05) is 0 Å². The number of benzene rings is 2. The summed E-state index contributed by atoms with van der Waals surface area (Å²) in [5.74, 6) is 0. The molecule has 0 aliphatic heterocycles. The van der Waals surface area contributed by atoms with Crippen molar-refractivity contribution in [3.8, 4) is 0 Å². The highest BCUT2D eigenvalue weighted by Crippen LogP contribution is 2.22. The molecule has 0 saturated carbocycles. The van der Waals surface area contributed by atoms with E-state index in [4.69, 9.17) is 0 Å². The molecule has 0 saturated heterocycles. The van der Waals surface area contributed by atoms with Crippen molar-refractivity contribution in [3.63, 3.8) is 0 Å². The molecular weight excluding hydrogens is 305 g/mol. The van der Waals surface area contributed by atoms with Crippen LogP contribution in [0.15, 0.2) is 54.6 Å². The molecule has 2 rings (SSSR count). The summed E-state index contributed by atoms with van der Waals surface area (Å²) < 4.78 is 39.0. The normalized spacial score (nSPS) is 10.7. The van der Waals surface area contributed by atoms with E-state index in [0.717, 1.165) is 19.5 Å². The van der Waals surface area contributed by atoms with Gasteiger partial charge in [0.1, 0.15) is 0 Å². The Morgan fingerprint density at radius 2 is 1.35 bits per heavy atom. The van der Waals surface area contributed by atoms with E-state index in [1.165, 1.54) is 16.8 Å². The van der Waals surface area contributed by atoms with E-state index < -0.39 is 7.25 Å². The van der Waals surface area contributed by atoms with Crippen molar-refractivity contribution in [1.29, 1.82) is 0 Å². The minimum absolute atomic E-state index is 0.981. The minimum atomic E-state index is -6.00. The van der Waals surface area contributed by atoms with Crippen molar-refractivity contribution in [2.75, 3.05) is 11.4 Å². The number of halogens is 4. The first-order chi connectivity index (χ1) is 10.8. The first-order valence-electron chi connectivity index (χ1n) is 7.59. The Balaban J connectivity index is 0.000000463. The maximum atomic E-state index is 9.75. The molecule has 6 heteroatoms. The lowest BCUT2D eigenvalue weighted by Crippen LogP contribution is -2.23. The van der Waals surface area contributed by atoms with Gasteiger partial charge in [-0.25, -0.2) is 0 Å². The predicted molar refractivity (Wildman–Crippen MR) is 89.2 cm³/mol. The smallest absolute Gasteiger partial charge is 0.418 e. The van der Waals surface area contributed by atoms with E-state index in [2.05, 4.69) is 73.3 Å². The molecular formula is C17H21BF4N-. The molecule has 2 aromatic rings. The fourth-order valence-corrected chi connectivity index (χ4v) is 2.29. The molecule has 0 aliphatic rings. The Bertz CT molecular complexity index is 566. The molecule has 2 aromatic carbocycles. The van der Waals surface area contributed by atoms with Crippen molar-refractivity contribution < 1.29 is 17.3 Å². The molecule has 126 valence electrons. The summed E-state index contributed by atoms with van der Waals surface area (Å²) in [6.07, 6.45) is 1.08. The van der Waals surface area contributed by atoms with Crippen LogP contribution < -0.4 is 4.90 Å². The number of hydrogen-bond donors (Lipinski definition) is 0. The van der Waals surface area contributed by atoms with Crippen LogP contribution in [0.2, 0.25) is 0 Å². The average Bonchev–Trinajstić information content (AvgIpc) is 2.52. The summed E-state index contributed by atoms with van der Waals surface area (Å²) in [6.45, 7) is 6.45. The summed E-state index contributed by atoms with van der Waals surface area (Å²) >= 11 is 0. The second-order valence-corrected chi connectivity index (χ2v) is 4.98. The summed E-state index contributed by atoms with van der Waals surface area (Å²) in [7, 11) is -6.00. The Kier molecular flexibility index (Phi) is 7.65. The maximum absolute atomic E-state index is 9.75. The molecule has 23 heavy (non-hydrogen) atoms. The standard InChI is InChI=1S/C17H21N.BF4/c1-3-16-12-8-9-13-17(16)18(4-2)14-15-10-6-5-7-11-15;2-1(3,4)5/h5-13H,3-4,14H2,1-2H3;/q;-1. The Hall–Kier alpha value is -1.98. The van der Waals surface area contributed by atoms with Crippen LogP contribution in [-0.2, 0) is 13.0 Å². The zero-order valence-electron chi connectivity index (χ0n) is 13.4. The molecule has 0 bridgehead atoms. The second-order valence-electron chi connectivity index (χ2n) is 4.98. The molecule has 1 nitrogen and oxygen atoms in total. The van der Waals surface area contributed by atoms with Crippen LogP contribution in [0.3, 0.4) is 0 Å². The first-order valence-corrected chi connectivity index (χ1v) is 7.59. The van der Waals surface area contributed by atoms with Crippen molar-refractivity contribution in [2.24, 2.45) is 0 Å². The van der Waals surface area contributed by atoms with Crippen molar-refractivity contribution in [3.05, 3.63) is 65.7 Å². The Morgan fingerprint density at radius 1 is 0.826 bits per heavy atom. The van der Waals surface area contributed by atoms with Gasteiger partial charge in [-0.1, -0.05) is 55.5 Å². The van der Waals surface area contributed by atoms with Crippen LogP contribution in [-0.4, -0.2) is 13.8 Å². The summed E-state index contributed by atoms with van der Waals surface area (Å²) in [4.78, 5) is 2.44. The molecule has 0 fully saturated rings. The zero-order chi connectivity index (χ0) is 17.3. The lowest BCUT2D eigenvalue weighted by atomic mass is 10.1. The van der Waals surface area contributed by atoms with Crippen molar-refractivity contribution in [2.45, 2.75) is 26.8 Å². The molecule has 0 N–H and O–H groups in total. The largest absolute Gasteiger partial charge is 0.673 e. The summed E-state index contributed by atoms with van der Waals surface area (Å²) in [6, 6.07) is 19.4. The van der Waals surface area contributed by atoms with Gasteiger partial charge in [0.2, 0.25) is 0 Å². The number of aryl methyl sites for hydroxylation is 1. The Labute approximate surface area is 135 Å². The van der Waals surface area contributed by atoms with E-state index in [1.54, 1.807) is 0 Å². The molecule has 0 spiro atoms. The van der Waals surface area contributed by atoms with Gasteiger partial charge in [-0.2, -0.15) is 0 Å². The molecule has 0 unspecified atom stereocenters. The number of rotatable bonds is 5. The molecule has 0 radical (unpaired) electrons. The fraction of sp³-hybridized carbons (Fsp3) is 0.294. The molecule has 0 atom stereocenters. The van der Waals surface area contributed by atoms with E-state index in [-0.39, 0.29) is 0 Å². The molecule has 0 aromatic heterocycles. The predicted octanol–water partition coefficient (Wildman–Crippen LogP) is 5.58. The van der Waals surface area contributed by atoms with Crippen LogP contribution in [0, 0.1) is 0 Å². The SMILES string of the molecule is CCc1ccccc1N(CC)Cc1ccccc1.F[B-](F)(F)F. The van der Waals surface area contributed by atoms with E-state index in [0.29, 0.717) is 0 Å². The van der Waals surface area contributed by atoms with Crippen LogP contribution in [0.1, 0.15) is 25.0 Å². The lowest BCUT2D eigenvalue weighted by molar-refractivity contribution is 0.368. The van der Waals surface area contributed by atoms with Gasteiger partial charge in [0.25, 0.3) is 0 Å². The van der Waals surface area contributed by atoms with Gasteiger partial charge in [-0.15, -0.1) is 0 Å². The molecule has 0 amide bonds. The third-order valence-electron chi connectivity index (χ3n) is 3.31. The van der Waals surface area contributed by atoms with Gasteiger partial charge in [-0.3, -0.25) is 0 Å². The van der Waals surface area contributed by atoms with Gasteiger partial charge in [0.15, 0.2) is 0 Å². The summed E-state index contributed by atoms with van der Waals surface area (Å²) in [5.41, 5.74) is 4.16. The van der Waals surface area contributed by atoms with Crippen LogP contribution in [0.4, 0.5) is 23.0 Å². The quantitative estimate of drug-likeness (QED) is 0.512.